The average Bonchev–Trinajstić information content (AvgIpc) is 1.88. The summed E-state index contributed by atoms with van der Waals surface area (Å²) in [5.74, 6) is -0.577. The third kappa shape index (κ3) is 2.09. The van der Waals surface area contributed by atoms with Gasteiger partial charge < -0.3 is 9.84 Å². The van der Waals surface area contributed by atoms with Crippen LogP contribution in [0.4, 0.5) is 0 Å². The first kappa shape index (κ1) is 7.12. The van der Waals surface area contributed by atoms with Crippen LogP contribution in [-0.4, -0.2) is 17.7 Å². The first-order chi connectivity index (χ1) is 4.79. The fraction of sp³-hybridized carbons (Fsp3) is 0.571. The summed E-state index contributed by atoms with van der Waals surface area (Å²) in [5, 5.41) is 8.39. The minimum Gasteiger partial charge on any atom is -0.501 e. The summed E-state index contributed by atoms with van der Waals surface area (Å²) in [7, 11) is 0. The number of aliphatic carboxylic acids is 1. The largest absolute Gasteiger partial charge is 0.501 e. The molecule has 0 aromatic heterocycles. The highest BCUT2D eigenvalue weighted by atomic mass is 16.5. The molecule has 10 heavy (non-hydrogen) atoms. The molecule has 1 heterocycles. The molecule has 0 amide bonds. The van der Waals surface area contributed by atoms with Gasteiger partial charge in [-0.05, 0) is 12.5 Å². The second-order valence-corrected chi connectivity index (χ2v) is 2.40. The summed E-state index contributed by atoms with van der Waals surface area (Å²) in [6.07, 6.45) is 4.52. The first-order valence-corrected chi connectivity index (χ1v) is 3.27. The van der Waals surface area contributed by atoms with Crippen LogP contribution < -0.4 is 0 Å². The molecule has 0 bridgehead atoms. The van der Waals surface area contributed by atoms with E-state index in [1.54, 1.807) is 6.26 Å². The lowest BCUT2D eigenvalue weighted by atomic mass is 10.0. The second-order valence-electron chi connectivity index (χ2n) is 2.40. The van der Waals surface area contributed by atoms with Crippen molar-refractivity contribution in [1.29, 1.82) is 0 Å². The van der Waals surface area contributed by atoms with E-state index >= 15 is 0 Å². The molecule has 0 aromatic rings. The van der Waals surface area contributed by atoms with Crippen molar-refractivity contribution in [3.8, 4) is 0 Å². The lowest BCUT2D eigenvalue weighted by Crippen LogP contribution is -2.14. The Labute approximate surface area is 59.3 Å². The summed E-state index contributed by atoms with van der Waals surface area (Å²) in [6.45, 7) is 0.544. The lowest BCUT2D eigenvalue weighted by molar-refractivity contribution is -0.138. The van der Waals surface area contributed by atoms with Gasteiger partial charge in [0.2, 0.25) is 0 Å². The summed E-state index contributed by atoms with van der Waals surface area (Å²) < 4.78 is 4.94. The standard InChI is InChI=1S/C7H10O3/c8-7(9)4-6-2-1-3-10-5-6/h1,3,6H,2,4-5H2,(H,8,9). The Bertz CT molecular complexity index is 151. The molecule has 1 rings (SSSR count). The van der Waals surface area contributed by atoms with Crippen molar-refractivity contribution in [2.75, 3.05) is 6.61 Å². The van der Waals surface area contributed by atoms with E-state index in [0.29, 0.717) is 6.61 Å². The van der Waals surface area contributed by atoms with Crippen LogP contribution in [-0.2, 0) is 9.53 Å². The summed E-state index contributed by atoms with van der Waals surface area (Å²) in [5.41, 5.74) is 0. The monoisotopic (exact) mass is 142 g/mol. The van der Waals surface area contributed by atoms with Gasteiger partial charge in [-0.1, -0.05) is 0 Å². The predicted molar refractivity (Wildman–Crippen MR) is 35.5 cm³/mol. The van der Waals surface area contributed by atoms with E-state index in [4.69, 9.17) is 9.84 Å². The van der Waals surface area contributed by atoms with Crippen LogP contribution in [0.25, 0.3) is 0 Å². The highest BCUT2D eigenvalue weighted by Gasteiger charge is 2.13. The summed E-state index contributed by atoms with van der Waals surface area (Å²) >= 11 is 0. The van der Waals surface area contributed by atoms with E-state index in [0.717, 1.165) is 6.42 Å². The van der Waals surface area contributed by atoms with Gasteiger partial charge in [-0.15, -0.1) is 0 Å². The van der Waals surface area contributed by atoms with E-state index in [2.05, 4.69) is 0 Å². The van der Waals surface area contributed by atoms with Crippen LogP contribution >= 0.6 is 0 Å². The Morgan fingerprint density at radius 1 is 1.80 bits per heavy atom. The highest BCUT2D eigenvalue weighted by Crippen LogP contribution is 2.13. The van der Waals surface area contributed by atoms with E-state index in [1.165, 1.54) is 0 Å². The zero-order valence-electron chi connectivity index (χ0n) is 5.62. The number of carbonyl (C=O) groups is 1. The molecule has 56 valence electrons. The Hall–Kier alpha value is -0.990. The second kappa shape index (κ2) is 3.25. The first-order valence-electron chi connectivity index (χ1n) is 3.27. The summed E-state index contributed by atoms with van der Waals surface area (Å²) in [4.78, 5) is 10.2. The molecule has 1 aliphatic rings. The third-order valence-electron chi connectivity index (χ3n) is 1.46. The number of carboxylic acid groups (broad SMARTS) is 1. The van der Waals surface area contributed by atoms with Gasteiger partial charge in [0, 0.05) is 5.92 Å². The van der Waals surface area contributed by atoms with Crippen LogP contribution in [0.3, 0.4) is 0 Å². The van der Waals surface area contributed by atoms with Crippen LogP contribution in [0.5, 0.6) is 0 Å². The van der Waals surface area contributed by atoms with E-state index in [1.807, 2.05) is 6.08 Å². The number of hydrogen-bond acceptors (Lipinski definition) is 2. The van der Waals surface area contributed by atoms with Gasteiger partial charge in [-0.3, -0.25) is 4.79 Å². The van der Waals surface area contributed by atoms with Gasteiger partial charge in [-0.2, -0.15) is 0 Å². The smallest absolute Gasteiger partial charge is 0.303 e. The minimum absolute atomic E-state index is 0.169. The van der Waals surface area contributed by atoms with Gasteiger partial charge in [0.1, 0.15) is 0 Å². The van der Waals surface area contributed by atoms with Gasteiger partial charge in [0.05, 0.1) is 19.3 Å². The minimum atomic E-state index is -0.746. The number of carboxylic acids is 1. The van der Waals surface area contributed by atoms with Crippen LogP contribution in [0, 0.1) is 5.92 Å². The molecule has 0 radical (unpaired) electrons. The van der Waals surface area contributed by atoms with Crippen LogP contribution in [0.1, 0.15) is 12.8 Å². The SMILES string of the molecule is O=C(O)CC1CC=COC1. The lowest BCUT2D eigenvalue weighted by Gasteiger charge is -2.15. The molecule has 0 saturated carbocycles. The van der Waals surface area contributed by atoms with Crippen LogP contribution in [0.15, 0.2) is 12.3 Å². The number of rotatable bonds is 2. The van der Waals surface area contributed by atoms with Crippen molar-refractivity contribution in [3.63, 3.8) is 0 Å². The normalized spacial score (nSPS) is 23.8. The number of hydrogen-bond donors (Lipinski definition) is 1. The molecular weight excluding hydrogens is 132 g/mol. The topological polar surface area (TPSA) is 46.5 Å². The van der Waals surface area contributed by atoms with Gasteiger partial charge in [0.25, 0.3) is 0 Å². The molecule has 1 unspecified atom stereocenters. The Balaban J connectivity index is 2.28. The number of allylic oxidation sites excluding steroid dienone is 1. The molecule has 1 N–H and O–H groups in total. The fourth-order valence-corrected chi connectivity index (χ4v) is 0.965. The summed E-state index contributed by atoms with van der Waals surface area (Å²) in [6, 6.07) is 0. The highest BCUT2D eigenvalue weighted by molar-refractivity contribution is 5.67. The quantitative estimate of drug-likeness (QED) is 0.625. The van der Waals surface area contributed by atoms with Crippen LogP contribution in [0.2, 0.25) is 0 Å². The van der Waals surface area contributed by atoms with Gasteiger partial charge in [-0.25, -0.2) is 0 Å². The molecule has 0 aliphatic carbocycles. The zero-order valence-corrected chi connectivity index (χ0v) is 5.62. The fourth-order valence-electron chi connectivity index (χ4n) is 0.965. The average molecular weight is 142 g/mol. The van der Waals surface area contributed by atoms with Gasteiger partial charge in [0.15, 0.2) is 0 Å². The van der Waals surface area contributed by atoms with Crippen molar-refractivity contribution in [2.24, 2.45) is 5.92 Å². The molecule has 3 heteroatoms. The van der Waals surface area contributed by atoms with E-state index in [-0.39, 0.29) is 12.3 Å². The molecule has 1 atom stereocenters. The molecule has 0 aromatic carbocycles. The Morgan fingerprint density at radius 3 is 3.10 bits per heavy atom. The predicted octanol–water partition coefficient (Wildman–Crippen LogP) is 1.01. The van der Waals surface area contributed by atoms with Gasteiger partial charge >= 0.3 is 5.97 Å². The maximum atomic E-state index is 10.2. The van der Waals surface area contributed by atoms with Crippen molar-refractivity contribution in [3.05, 3.63) is 12.3 Å². The third-order valence-corrected chi connectivity index (χ3v) is 1.46. The van der Waals surface area contributed by atoms with E-state index < -0.39 is 5.97 Å². The number of ether oxygens (including phenoxy) is 1. The maximum absolute atomic E-state index is 10.2. The molecule has 3 nitrogen and oxygen atoms in total. The molecular formula is C7H10O3. The van der Waals surface area contributed by atoms with Crippen molar-refractivity contribution < 1.29 is 14.6 Å². The molecule has 0 spiro atoms. The Kier molecular flexibility index (Phi) is 2.31. The van der Waals surface area contributed by atoms with Crippen molar-refractivity contribution in [1.82, 2.24) is 0 Å². The van der Waals surface area contributed by atoms with Crippen molar-refractivity contribution in [2.45, 2.75) is 12.8 Å². The van der Waals surface area contributed by atoms with Crippen molar-refractivity contribution >= 4 is 5.97 Å². The Morgan fingerprint density at radius 2 is 2.60 bits per heavy atom. The van der Waals surface area contributed by atoms with E-state index in [9.17, 15) is 4.79 Å². The molecule has 0 saturated heterocycles. The molecule has 1 aliphatic heterocycles. The molecule has 0 fully saturated rings. The zero-order chi connectivity index (χ0) is 7.40. The maximum Gasteiger partial charge on any atom is 0.303 e.